The van der Waals surface area contributed by atoms with Gasteiger partial charge >= 0.3 is 0 Å². The molecule has 11 heteroatoms. The predicted octanol–water partition coefficient (Wildman–Crippen LogP) is 5.48. The van der Waals surface area contributed by atoms with Gasteiger partial charge in [0.2, 0.25) is 5.91 Å². The number of amides is 1. The van der Waals surface area contributed by atoms with Crippen LogP contribution in [0.15, 0.2) is 78.0 Å². The number of rotatable bonds is 9. The number of hydrogen-bond acceptors (Lipinski definition) is 7. The second-order valence-electron chi connectivity index (χ2n) is 7.50. The normalized spacial score (nSPS) is 10.7. The lowest BCUT2D eigenvalue weighted by Gasteiger charge is -2.12. The van der Waals surface area contributed by atoms with Crippen LogP contribution in [-0.4, -0.2) is 31.3 Å². The van der Waals surface area contributed by atoms with E-state index in [0.717, 1.165) is 16.9 Å². The van der Waals surface area contributed by atoms with Gasteiger partial charge in [0, 0.05) is 17.8 Å². The molecule has 0 fully saturated rings. The Bertz CT molecular complexity index is 1360. The van der Waals surface area contributed by atoms with Crippen LogP contribution in [0.2, 0.25) is 5.02 Å². The van der Waals surface area contributed by atoms with Crippen molar-refractivity contribution < 1.29 is 9.72 Å². The summed E-state index contributed by atoms with van der Waals surface area (Å²) in [5.74, 6) is 0.385. The van der Waals surface area contributed by atoms with Crippen LogP contribution >= 0.6 is 23.4 Å². The highest BCUT2D eigenvalue weighted by atomic mass is 35.5. The van der Waals surface area contributed by atoms with E-state index in [-0.39, 0.29) is 17.3 Å². The minimum Gasteiger partial charge on any atom is -0.377 e. The van der Waals surface area contributed by atoms with Crippen LogP contribution in [0.25, 0.3) is 5.69 Å². The molecule has 0 bridgehead atoms. The number of para-hydroxylation sites is 2. The number of non-ortho nitro benzene ring substituents is 1. The number of carbonyl (C=O) groups excluding carboxylic acids is 1. The van der Waals surface area contributed by atoms with Gasteiger partial charge in [-0.25, -0.2) is 0 Å². The molecule has 0 aliphatic heterocycles. The average Bonchev–Trinajstić information content (AvgIpc) is 3.27. The van der Waals surface area contributed by atoms with Crippen LogP contribution in [0.4, 0.5) is 17.1 Å². The molecule has 1 heterocycles. The maximum absolute atomic E-state index is 12.6. The smallest absolute Gasteiger partial charge is 0.271 e. The molecule has 3 aromatic carbocycles. The maximum atomic E-state index is 12.6. The van der Waals surface area contributed by atoms with Crippen molar-refractivity contribution in [3.05, 3.63) is 99.3 Å². The first-order chi connectivity index (χ1) is 16.9. The van der Waals surface area contributed by atoms with E-state index in [1.165, 1.54) is 23.9 Å². The van der Waals surface area contributed by atoms with Gasteiger partial charge in [0.15, 0.2) is 11.0 Å². The summed E-state index contributed by atoms with van der Waals surface area (Å²) in [6.07, 6.45) is 0. The van der Waals surface area contributed by atoms with Crippen molar-refractivity contribution in [1.82, 2.24) is 14.8 Å². The number of aromatic nitrogens is 3. The molecule has 0 aliphatic carbocycles. The standard InChI is InChI=1S/C24H21ClN6O3S/c1-16-11-12-18(31(33)34)13-21(16)27-23(32)15-35-24-29-28-22(30(24)17-7-3-2-4-8-17)14-26-20-10-6-5-9-19(20)25/h2-13,26H,14-15H2,1H3,(H,27,32). The zero-order valence-corrected chi connectivity index (χ0v) is 20.2. The fourth-order valence-corrected chi connectivity index (χ4v) is 4.27. The number of carbonyl (C=O) groups is 1. The number of halogens is 1. The van der Waals surface area contributed by atoms with Crippen molar-refractivity contribution in [2.24, 2.45) is 0 Å². The third-order valence-electron chi connectivity index (χ3n) is 5.06. The highest BCUT2D eigenvalue weighted by Crippen LogP contribution is 2.26. The minimum atomic E-state index is -0.496. The zero-order chi connectivity index (χ0) is 24.8. The van der Waals surface area contributed by atoms with Crippen molar-refractivity contribution in [3.63, 3.8) is 0 Å². The van der Waals surface area contributed by atoms with Gasteiger partial charge in [-0.1, -0.05) is 59.8 Å². The highest BCUT2D eigenvalue weighted by molar-refractivity contribution is 7.99. The van der Waals surface area contributed by atoms with E-state index in [1.807, 2.05) is 53.1 Å². The number of anilines is 2. The number of nitro benzene ring substituents is 1. The fraction of sp³-hybridized carbons (Fsp3) is 0.125. The number of nitrogens with one attached hydrogen (secondary N) is 2. The topological polar surface area (TPSA) is 115 Å². The molecule has 9 nitrogen and oxygen atoms in total. The molecular weight excluding hydrogens is 488 g/mol. The van der Waals surface area contributed by atoms with Crippen molar-refractivity contribution in [2.45, 2.75) is 18.6 Å². The monoisotopic (exact) mass is 508 g/mol. The van der Waals surface area contributed by atoms with E-state index in [0.29, 0.717) is 28.2 Å². The van der Waals surface area contributed by atoms with Gasteiger partial charge in [0.05, 0.1) is 33.6 Å². The van der Waals surface area contributed by atoms with Gasteiger partial charge < -0.3 is 10.6 Å². The molecule has 2 N–H and O–H groups in total. The molecule has 4 rings (SSSR count). The molecule has 0 saturated heterocycles. The van der Waals surface area contributed by atoms with Gasteiger partial charge in [-0.15, -0.1) is 10.2 Å². The molecule has 35 heavy (non-hydrogen) atoms. The first-order valence-electron chi connectivity index (χ1n) is 10.6. The Balaban J connectivity index is 1.50. The quantitative estimate of drug-likeness (QED) is 0.175. The Kier molecular flexibility index (Phi) is 7.64. The van der Waals surface area contributed by atoms with Gasteiger partial charge in [-0.2, -0.15) is 0 Å². The number of nitrogens with zero attached hydrogens (tertiary/aromatic N) is 4. The lowest BCUT2D eigenvalue weighted by molar-refractivity contribution is -0.384. The second-order valence-corrected chi connectivity index (χ2v) is 8.85. The Morgan fingerprint density at radius 1 is 1.06 bits per heavy atom. The van der Waals surface area contributed by atoms with Crippen LogP contribution < -0.4 is 10.6 Å². The Labute approximate surface area is 210 Å². The van der Waals surface area contributed by atoms with Crippen molar-refractivity contribution in [2.75, 3.05) is 16.4 Å². The number of benzene rings is 3. The molecule has 0 spiro atoms. The lowest BCUT2D eigenvalue weighted by atomic mass is 10.2. The molecule has 0 aliphatic rings. The van der Waals surface area contributed by atoms with Crippen LogP contribution in [0.3, 0.4) is 0 Å². The summed E-state index contributed by atoms with van der Waals surface area (Å²) in [6, 6.07) is 21.4. The van der Waals surface area contributed by atoms with Crippen molar-refractivity contribution in [3.8, 4) is 5.69 Å². The molecule has 1 amide bonds. The van der Waals surface area contributed by atoms with Crippen LogP contribution in [0.5, 0.6) is 0 Å². The van der Waals surface area contributed by atoms with Gasteiger partial charge in [-0.3, -0.25) is 19.5 Å². The van der Waals surface area contributed by atoms with E-state index < -0.39 is 4.92 Å². The third kappa shape index (κ3) is 5.97. The Morgan fingerprint density at radius 2 is 1.80 bits per heavy atom. The molecular formula is C24H21ClN6O3S. The van der Waals surface area contributed by atoms with E-state index in [9.17, 15) is 14.9 Å². The average molecular weight is 509 g/mol. The summed E-state index contributed by atoms with van der Waals surface area (Å²) in [5, 5.41) is 26.8. The maximum Gasteiger partial charge on any atom is 0.271 e. The highest BCUT2D eigenvalue weighted by Gasteiger charge is 2.17. The minimum absolute atomic E-state index is 0.0467. The van der Waals surface area contributed by atoms with Gasteiger partial charge in [0.25, 0.3) is 5.69 Å². The van der Waals surface area contributed by atoms with Crippen LogP contribution in [0.1, 0.15) is 11.4 Å². The first-order valence-corrected chi connectivity index (χ1v) is 11.9. The van der Waals surface area contributed by atoms with E-state index in [4.69, 9.17) is 11.6 Å². The van der Waals surface area contributed by atoms with Crippen LogP contribution in [0, 0.1) is 17.0 Å². The predicted molar refractivity (Wildman–Crippen MR) is 137 cm³/mol. The first kappa shape index (κ1) is 24.2. The summed E-state index contributed by atoms with van der Waals surface area (Å²) in [4.78, 5) is 23.2. The van der Waals surface area contributed by atoms with Gasteiger partial charge in [-0.05, 0) is 36.8 Å². The SMILES string of the molecule is Cc1ccc([N+](=O)[O-])cc1NC(=O)CSc1nnc(CNc2ccccc2Cl)n1-c1ccccc1. The summed E-state index contributed by atoms with van der Waals surface area (Å²) in [5.41, 5.74) is 2.68. The number of aryl methyl sites for hydroxylation is 1. The zero-order valence-electron chi connectivity index (χ0n) is 18.6. The number of hydrogen-bond donors (Lipinski definition) is 2. The number of nitro groups is 1. The summed E-state index contributed by atoms with van der Waals surface area (Å²) >= 11 is 7.47. The summed E-state index contributed by atoms with van der Waals surface area (Å²) < 4.78 is 1.88. The van der Waals surface area contributed by atoms with E-state index in [2.05, 4.69) is 20.8 Å². The Morgan fingerprint density at radius 3 is 2.54 bits per heavy atom. The molecule has 1 aromatic heterocycles. The van der Waals surface area contributed by atoms with E-state index >= 15 is 0 Å². The molecule has 4 aromatic rings. The number of thioether (sulfide) groups is 1. The molecule has 0 unspecified atom stereocenters. The van der Waals surface area contributed by atoms with Crippen molar-refractivity contribution in [1.29, 1.82) is 0 Å². The second kappa shape index (κ2) is 11.0. The van der Waals surface area contributed by atoms with E-state index in [1.54, 1.807) is 19.1 Å². The summed E-state index contributed by atoms with van der Waals surface area (Å²) in [7, 11) is 0. The molecule has 178 valence electrons. The third-order valence-corrected chi connectivity index (χ3v) is 6.32. The largest absolute Gasteiger partial charge is 0.377 e. The van der Waals surface area contributed by atoms with Crippen molar-refractivity contribution >= 4 is 46.3 Å². The molecule has 0 radical (unpaired) electrons. The fourth-order valence-electron chi connectivity index (χ4n) is 3.30. The molecule has 0 saturated carbocycles. The van der Waals surface area contributed by atoms with Crippen LogP contribution in [-0.2, 0) is 11.3 Å². The Hall–Kier alpha value is -3.89. The lowest BCUT2D eigenvalue weighted by Crippen LogP contribution is -2.15. The molecule has 0 atom stereocenters. The summed E-state index contributed by atoms with van der Waals surface area (Å²) in [6.45, 7) is 2.14. The van der Waals surface area contributed by atoms with Gasteiger partial charge in [0.1, 0.15) is 0 Å².